The average molecular weight is 350 g/mol. The minimum atomic E-state index is -5.00. The summed E-state index contributed by atoms with van der Waals surface area (Å²) in [7, 11) is 0. The molecule has 11 heteroatoms. The monoisotopic (exact) mass is 350 g/mol. The molecule has 0 bridgehead atoms. The molecule has 128 valence electrons. The van der Waals surface area contributed by atoms with Crippen LogP contribution in [0.2, 0.25) is 0 Å². The molecular weight excluding hydrogens is 342 g/mol. The van der Waals surface area contributed by atoms with Crippen LogP contribution in [-0.2, 0) is 12.4 Å². The molecule has 0 aliphatic heterocycles. The molecule has 1 heterocycles. The van der Waals surface area contributed by atoms with Crippen molar-refractivity contribution in [1.29, 1.82) is 0 Å². The fourth-order valence-electron chi connectivity index (χ4n) is 1.65. The van der Waals surface area contributed by atoms with E-state index in [1.807, 2.05) is 5.32 Å². The van der Waals surface area contributed by atoms with Crippen molar-refractivity contribution in [2.45, 2.75) is 12.4 Å². The Balaban J connectivity index is 2.27. The van der Waals surface area contributed by atoms with Crippen molar-refractivity contribution in [2.75, 3.05) is 10.6 Å². The number of alkyl halides is 6. The van der Waals surface area contributed by atoms with Crippen LogP contribution in [0.4, 0.5) is 42.8 Å². The highest BCUT2D eigenvalue weighted by Crippen LogP contribution is 2.37. The minimum Gasteiger partial charge on any atom is -0.308 e. The zero-order valence-corrected chi connectivity index (χ0v) is 11.5. The van der Waals surface area contributed by atoms with Gasteiger partial charge >= 0.3 is 18.4 Å². The van der Waals surface area contributed by atoms with Gasteiger partial charge in [0, 0.05) is 18.1 Å². The number of hydrogen-bond acceptors (Lipinski definition) is 3. The molecule has 0 fully saturated rings. The third-order valence-electron chi connectivity index (χ3n) is 2.64. The molecule has 0 aliphatic rings. The largest absolute Gasteiger partial charge is 0.416 e. The quantitative estimate of drug-likeness (QED) is 0.800. The maximum absolute atomic E-state index is 12.7. The van der Waals surface area contributed by atoms with Gasteiger partial charge in [-0.05, 0) is 24.3 Å². The Labute approximate surface area is 130 Å². The number of carbonyl (C=O) groups excluding carboxylic acids is 1. The Kier molecular flexibility index (Phi) is 4.62. The van der Waals surface area contributed by atoms with Gasteiger partial charge in [-0.2, -0.15) is 26.3 Å². The van der Waals surface area contributed by atoms with Gasteiger partial charge in [0.15, 0.2) is 0 Å². The molecule has 1 aromatic heterocycles. The second kappa shape index (κ2) is 6.34. The number of anilines is 2. The van der Waals surface area contributed by atoms with Crippen LogP contribution in [0.5, 0.6) is 0 Å². The predicted octanol–water partition coefficient (Wildman–Crippen LogP) is 4.16. The lowest BCUT2D eigenvalue weighted by molar-refractivity contribution is -0.143. The lowest BCUT2D eigenvalue weighted by atomic mass is 10.1. The van der Waals surface area contributed by atoms with E-state index >= 15 is 0 Å². The molecular formula is C13H8F6N4O. The lowest BCUT2D eigenvalue weighted by Gasteiger charge is -2.14. The van der Waals surface area contributed by atoms with Crippen molar-refractivity contribution in [3.63, 3.8) is 0 Å². The van der Waals surface area contributed by atoms with Gasteiger partial charge < -0.3 is 5.32 Å². The summed E-state index contributed by atoms with van der Waals surface area (Å²) in [4.78, 5) is 18.9. The van der Waals surface area contributed by atoms with Crippen LogP contribution in [-0.4, -0.2) is 16.0 Å². The summed E-state index contributed by atoms with van der Waals surface area (Å²) in [5.74, 6) is -0.168. The summed E-state index contributed by atoms with van der Waals surface area (Å²) in [5, 5.41) is 3.96. The van der Waals surface area contributed by atoms with E-state index in [2.05, 4.69) is 15.3 Å². The summed E-state index contributed by atoms with van der Waals surface area (Å²) in [5.41, 5.74) is -3.75. The second-order valence-corrected chi connectivity index (χ2v) is 4.45. The van der Waals surface area contributed by atoms with E-state index < -0.39 is 35.2 Å². The summed E-state index contributed by atoms with van der Waals surface area (Å²) in [6.07, 6.45) is -7.43. The van der Waals surface area contributed by atoms with Crippen molar-refractivity contribution in [1.82, 2.24) is 9.97 Å². The molecule has 5 nitrogen and oxygen atoms in total. The van der Waals surface area contributed by atoms with Crippen LogP contribution < -0.4 is 10.6 Å². The van der Waals surface area contributed by atoms with Gasteiger partial charge in [-0.3, -0.25) is 5.32 Å². The fraction of sp³-hybridized carbons (Fsp3) is 0.154. The van der Waals surface area contributed by atoms with E-state index in [1.165, 1.54) is 18.5 Å². The number of benzene rings is 1. The second-order valence-electron chi connectivity index (χ2n) is 4.45. The molecule has 2 N–H and O–H groups in total. The number of halogens is 6. The molecule has 0 radical (unpaired) electrons. The van der Waals surface area contributed by atoms with Crippen molar-refractivity contribution >= 4 is 17.7 Å². The van der Waals surface area contributed by atoms with Gasteiger partial charge in [-0.15, -0.1) is 0 Å². The average Bonchev–Trinajstić information content (AvgIpc) is 2.46. The van der Waals surface area contributed by atoms with Crippen LogP contribution >= 0.6 is 0 Å². The molecule has 0 atom stereocenters. The molecule has 1 aromatic carbocycles. The smallest absolute Gasteiger partial charge is 0.308 e. The number of aromatic nitrogens is 2. The molecule has 24 heavy (non-hydrogen) atoms. The third-order valence-corrected chi connectivity index (χ3v) is 2.64. The minimum absolute atomic E-state index is 0.0383. The van der Waals surface area contributed by atoms with Crippen molar-refractivity contribution in [3.8, 4) is 0 Å². The Morgan fingerprint density at radius 3 is 1.79 bits per heavy atom. The molecule has 0 aliphatic carbocycles. The topological polar surface area (TPSA) is 66.9 Å². The lowest BCUT2D eigenvalue weighted by Crippen LogP contribution is -2.21. The first kappa shape index (κ1) is 17.5. The first-order chi connectivity index (χ1) is 11.1. The van der Waals surface area contributed by atoms with Gasteiger partial charge in [0.25, 0.3) is 0 Å². The molecule has 2 aromatic rings. The maximum Gasteiger partial charge on any atom is 0.416 e. The van der Waals surface area contributed by atoms with E-state index in [0.29, 0.717) is 12.1 Å². The number of urea groups is 1. The first-order valence-electron chi connectivity index (χ1n) is 6.20. The molecule has 0 spiro atoms. The number of amides is 2. The van der Waals surface area contributed by atoms with E-state index in [-0.39, 0.29) is 12.0 Å². The van der Waals surface area contributed by atoms with Crippen LogP contribution in [0, 0.1) is 0 Å². The van der Waals surface area contributed by atoms with E-state index in [0.717, 1.165) is 0 Å². The summed E-state index contributed by atoms with van der Waals surface area (Å²) < 4.78 is 76.2. The summed E-state index contributed by atoms with van der Waals surface area (Å²) in [6.45, 7) is 0. The molecule has 2 rings (SSSR count). The molecule has 0 unspecified atom stereocenters. The Morgan fingerprint density at radius 2 is 1.33 bits per heavy atom. The fourth-order valence-corrected chi connectivity index (χ4v) is 1.65. The number of rotatable bonds is 2. The molecule has 0 saturated carbocycles. The number of nitrogens with one attached hydrogen (secondary N) is 2. The van der Waals surface area contributed by atoms with E-state index in [1.54, 1.807) is 0 Å². The number of hydrogen-bond donors (Lipinski definition) is 2. The van der Waals surface area contributed by atoms with E-state index in [4.69, 9.17) is 0 Å². The summed E-state index contributed by atoms with van der Waals surface area (Å²) >= 11 is 0. The maximum atomic E-state index is 12.7. The molecule has 2 amide bonds. The highest BCUT2D eigenvalue weighted by molar-refractivity contribution is 5.98. The van der Waals surface area contributed by atoms with Crippen molar-refractivity contribution in [3.05, 3.63) is 47.8 Å². The standard InChI is InChI=1S/C13H8F6N4O/c14-12(15,16)7-4-8(13(17,18)19)6-9(5-7)22-11(24)23-10-20-2-1-3-21-10/h1-6H,(H2,20,21,22,23,24). The van der Waals surface area contributed by atoms with Crippen molar-refractivity contribution < 1.29 is 31.1 Å². The third kappa shape index (κ3) is 4.57. The van der Waals surface area contributed by atoms with Crippen LogP contribution in [0.3, 0.4) is 0 Å². The SMILES string of the molecule is O=C(Nc1cc(C(F)(F)F)cc(C(F)(F)F)c1)Nc1ncccn1. The Bertz CT molecular complexity index is 697. The first-order valence-corrected chi connectivity index (χ1v) is 6.20. The zero-order chi connectivity index (χ0) is 18.0. The van der Waals surface area contributed by atoms with Crippen molar-refractivity contribution in [2.24, 2.45) is 0 Å². The summed E-state index contributed by atoms with van der Waals surface area (Å²) in [6, 6.07) is 1.10. The van der Waals surface area contributed by atoms with Gasteiger partial charge in [0.2, 0.25) is 5.95 Å². The van der Waals surface area contributed by atoms with Gasteiger partial charge in [-0.1, -0.05) is 0 Å². The number of carbonyl (C=O) groups is 1. The number of nitrogens with zero attached hydrogens (tertiary/aromatic N) is 2. The van der Waals surface area contributed by atoms with E-state index in [9.17, 15) is 31.1 Å². The van der Waals surface area contributed by atoms with Gasteiger partial charge in [0.1, 0.15) is 0 Å². The van der Waals surface area contributed by atoms with Crippen LogP contribution in [0.15, 0.2) is 36.7 Å². The Hall–Kier alpha value is -2.85. The highest BCUT2D eigenvalue weighted by Gasteiger charge is 2.37. The van der Waals surface area contributed by atoms with Gasteiger partial charge in [0.05, 0.1) is 11.1 Å². The van der Waals surface area contributed by atoms with Crippen LogP contribution in [0.25, 0.3) is 0 Å². The normalized spacial score (nSPS) is 11.9. The van der Waals surface area contributed by atoms with Gasteiger partial charge in [-0.25, -0.2) is 14.8 Å². The predicted molar refractivity (Wildman–Crippen MR) is 71.1 cm³/mol. The zero-order valence-electron chi connectivity index (χ0n) is 11.5. The molecule has 0 saturated heterocycles. The Morgan fingerprint density at radius 1 is 0.833 bits per heavy atom. The van der Waals surface area contributed by atoms with Crippen LogP contribution in [0.1, 0.15) is 11.1 Å². The highest BCUT2D eigenvalue weighted by atomic mass is 19.4.